The number of aliphatic hydroxyl groups excluding tert-OH is 2. The van der Waals surface area contributed by atoms with Gasteiger partial charge in [-0.15, -0.1) is 0 Å². The molecular weight excluding hydrogens is 216 g/mol. The summed E-state index contributed by atoms with van der Waals surface area (Å²) in [7, 11) is 1.48. The molecule has 0 aromatic rings. The lowest BCUT2D eigenvalue weighted by molar-refractivity contribution is -0.191. The summed E-state index contributed by atoms with van der Waals surface area (Å²) in [5.41, 5.74) is 0. The molecule has 2 N–H and O–H groups in total. The van der Waals surface area contributed by atoms with Gasteiger partial charge in [-0.3, -0.25) is 0 Å². The first-order valence-electron chi connectivity index (χ1n) is 5.21. The van der Waals surface area contributed by atoms with E-state index in [0.717, 1.165) is 0 Å². The molecular formula is C10H20O6. The maximum absolute atomic E-state index is 9.61. The van der Waals surface area contributed by atoms with Crippen LogP contribution in [0.1, 0.15) is 13.8 Å². The highest BCUT2D eigenvalue weighted by Crippen LogP contribution is 2.26. The highest BCUT2D eigenvalue weighted by Gasteiger charge is 2.40. The summed E-state index contributed by atoms with van der Waals surface area (Å²) in [5, 5.41) is 18.5. The molecule has 6 nitrogen and oxygen atoms in total. The molecule has 0 bridgehead atoms. The lowest BCUT2D eigenvalue weighted by atomic mass is 10.1. The first-order chi connectivity index (χ1) is 7.50. The van der Waals surface area contributed by atoms with E-state index in [-0.39, 0.29) is 6.79 Å². The van der Waals surface area contributed by atoms with Crippen LogP contribution in [0.4, 0.5) is 0 Å². The van der Waals surface area contributed by atoms with Crippen LogP contribution in [0.3, 0.4) is 0 Å². The van der Waals surface area contributed by atoms with Crippen molar-refractivity contribution in [2.24, 2.45) is 0 Å². The van der Waals surface area contributed by atoms with Crippen LogP contribution in [-0.4, -0.2) is 61.4 Å². The minimum atomic E-state index is -1.02. The topological polar surface area (TPSA) is 77.4 Å². The van der Waals surface area contributed by atoms with E-state index >= 15 is 0 Å². The van der Waals surface area contributed by atoms with Gasteiger partial charge in [-0.2, -0.15) is 0 Å². The molecule has 0 saturated carbocycles. The fourth-order valence-electron chi connectivity index (χ4n) is 1.59. The van der Waals surface area contributed by atoms with Crippen LogP contribution < -0.4 is 0 Å². The third kappa shape index (κ3) is 3.65. The van der Waals surface area contributed by atoms with Crippen LogP contribution in [-0.2, 0) is 18.9 Å². The average molecular weight is 236 g/mol. The first-order valence-corrected chi connectivity index (χ1v) is 5.21. The molecule has 1 saturated heterocycles. The largest absolute Gasteiger partial charge is 0.394 e. The molecule has 1 aliphatic rings. The molecule has 1 heterocycles. The van der Waals surface area contributed by atoms with Crippen molar-refractivity contribution in [1.29, 1.82) is 0 Å². The third-order valence-electron chi connectivity index (χ3n) is 2.34. The Bertz CT molecular complexity index is 207. The molecule has 6 heteroatoms. The van der Waals surface area contributed by atoms with Crippen LogP contribution in [0.15, 0.2) is 0 Å². The Morgan fingerprint density at radius 3 is 2.62 bits per heavy atom. The fourth-order valence-corrected chi connectivity index (χ4v) is 1.59. The van der Waals surface area contributed by atoms with Gasteiger partial charge in [-0.1, -0.05) is 0 Å². The quantitative estimate of drug-likeness (QED) is 0.604. The van der Waals surface area contributed by atoms with Crippen molar-refractivity contribution in [2.45, 2.75) is 37.9 Å². The third-order valence-corrected chi connectivity index (χ3v) is 2.34. The van der Waals surface area contributed by atoms with Crippen LogP contribution in [0, 0.1) is 0 Å². The normalized spacial score (nSPS) is 27.9. The Morgan fingerprint density at radius 2 is 2.19 bits per heavy atom. The summed E-state index contributed by atoms with van der Waals surface area (Å²) in [6.07, 6.45) is -2.09. The van der Waals surface area contributed by atoms with Gasteiger partial charge in [0.1, 0.15) is 25.1 Å². The second kappa shape index (κ2) is 5.90. The van der Waals surface area contributed by atoms with Crippen molar-refractivity contribution in [3.63, 3.8) is 0 Å². The molecule has 0 unspecified atom stereocenters. The Labute approximate surface area is 95.1 Å². The van der Waals surface area contributed by atoms with Crippen LogP contribution in [0.5, 0.6) is 0 Å². The van der Waals surface area contributed by atoms with E-state index < -0.39 is 30.7 Å². The first kappa shape index (κ1) is 13.8. The van der Waals surface area contributed by atoms with Crippen molar-refractivity contribution in [3.05, 3.63) is 0 Å². The molecule has 96 valence electrons. The van der Waals surface area contributed by atoms with Gasteiger partial charge in [0.05, 0.1) is 13.2 Å². The number of hydrogen-bond acceptors (Lipinski definition) is 6. The molecule has 1 aliphatic heterocycles. The van der Waals surface area contributed by atoms with Crippen molar-refractivity contribution < 1.29 is 29.2 Å². The summed E-state index contributed by atoms with van der Waals surface area (Å²) >= 11 is 0. The average Bonchev–Trinajstić information content (AvgIpc) is 2.59. The Kier molecular flexibility index (Phi) is 5.10. The Hall–Kier alpha value is -0.240. The van der Waals surface area contributed by atoms with Gasteiger partial charge in [0.2, 0.25) is 0 Å². The zero-order valence-corrected chi connectivity index (χ0v) is 9.88. The molecule has 0 amide bonds. The summed E-state index contributed by atoms with van der Waals surface area (Å²) in [5.74, 6) is -0.686. The standard InChI is InChI=1S/C10H20O6/c1-10(2)15-5-8(16-10)9(7(12)4-11)14-6-13-3/h7-9,11-12H,4-6H2,1-3H3/t7-,8-,9+/m1/s1. The zero-order chi connectivity index (χ0) is 12.2. The van der Waals surface area contributed by atoms with E-state index in [1.807, 2.05) is 0 Å². The highest BCUT2D eigenvalue weighted by atomic mass is 16.8. The lowest BCUT2D eigenvalue weighted by Crippen LogP contribution is -2.44. The SMILES string of the molecule is COCO[C@@H]([C@H](O)CO)[C@H]1COC(C)(C)O1. The van der Waals surface area contributed by atoms with Gasteiger partial charge >= 0.3 is 0 Å². The van der Waals surface area contributed by atoms with E-state index in [1.54, 1.807) is 13.8 Å². The number of methoxy groups -OCH3 is 1. The lowest BCUT2D eigenvalue weighted by Gasteiger charge is -2.27. The summed E-state index contributed by atoms with van der Waals surface area (Å²) in [6.45, 7) is 3.52. The van der Waals surface area contributed by atoms with Gasteiger partial charge < -0.3 is 29.2 Å². The van der Waals surface area contributed by atoms with Gasteiger partial charge in [0.25, 0.3) is 0 Å². The second-order valence-electron chi connectivity index (χ2n) is 4.15. The number of hydrogen-bond donors (Lipinski definition) is 2. The van der Waals surface area contributed by atoms with Crippen LogP contribution in [0.25, 0.3) is 0 Å². The van der Waals surface area contributed by atoms with E-state index in [0.29, 0.717) is 6.61 Å². The Morgan fingerprint density at radius 1 is 1.50 bits per heavy atom. The molecule has 0 aliphatic carbocycles. The predicted octanol–water partition coefficient (Wildman–Crippen LogP) is -0.520. The predicted molar refractivity (Wildman–Crippen MR) is 54.7 cm³/mol. The van der Waals surface area contributed by atoms with Gasteiger partial charge in [0.15, 0.2) is 5.79 Å². The minimum Gasteiger partial charge on any atom is -0.394 e. The second-order valence-corrected chi connectivity index (χ2v) is 4.15. The van der Waals surface area contributed by atoms with E-state index in [2.05, 4.69) is 0 Å². The van der Waals surface area contributed by atoms with Gasteiger partial charge in [-0.05, 0) is 13.8 Å². The molecule has 16 heavy (non-hydrogen) atoms. The monoisotopic (exact) mass is 236 g/mol. The fraction of sp³-hybridized carbons (Fsp3) is 1.00. The molecule has 0 aromatic heterocycles. The maximum atomic E-state index is 9.61. The summed E-state index contributed by atoms with van der Waals surface area (Å²) < 4.78 is 21.0. The number of aliphatic hydroxyl groups is 2. The van der Waals surface area contributed by atoms with Crippen LogP contribution in [0.2, 0.25) is 0 Å². The minimum absolute atomic E-state index is 0.0298. The van der Waals surface area contributed by atoms with Crippen molar-refractivity contribution >= 4 is 0 Å². The number of ether oxygens (including phenoxy) is 4. The highest BCUT2D eigenvalue weighted by molar-refractivity contribution is 4.83. The van der Waals surface area contributed by atoms with Crippen molar-refractivity contribution in [1.82, 2.24) is 0 Å². The van der Waals surface area contributed by atoms with Crippen LogP contribution >= 0.6 is 0 Å². The molecule has 0 aromatic carbocycles. The van der Waals surface area contributed by atoms with E-state index in [9.17, 15) is 5.11 Å². The van der Waals surface area contributed by atoms with Gasteiger partial charge in [-0.25, -0.2) is 0 Å². The zero-order valence-electron chi connectivity index (χ0n) is 9.88. The Balaban J connectivity index is 2.55. The molecule has 3 atom stereocenters. The summed E-state index contributed by atoms with van der Waals surface area (Å²) in [4.78, 5) is 0. The molecule has 1 rings (SSSR count). The molecule has 1 fully saturated rings. The number of rotatable bonds is 6. The van der Waals surface area contributed by atoms with Crippen molar-refractivity contribution in [3.8, 4) is 0 Å². The molecule has 0 radical (unpaired) electrons. The summed E-state index contributed by atoms with van der Waals surface area (Å²) in [6, 6.07) is 0. The smallest absolute Gasteiger partial charge is 0.163 e. The maximum Gasteiger partial charge on any atom is 0.163 e. The van der Waals surface area contributed by atoms with Crippen molar-refractivity contribution in [2.75, 3.05) is 27.1 Å². The van der Waals surface area contributed by atoms with E-state index in [4.69, 9.17) is 24.1 Å². The molecule has 0 spiro atoms. The van der Waals surface area contributed by atoms with Gasteiger partial charge in [0, 0.05) is 7.11 Å². The van der Waals surface area contributed by atoms with E-state index in [1.165, 1.54) is 7.11 Å².